The zero-order valence-electron chi connectivity index (χ0n) is 23.9. The number of anilines is 2. The molecule has 3 amide bonds. The first kappa shape index (κ1) is 29.8. The number of carboxylic acid groups (broad SMARTS) is 1. The first-order valence-electron chi connectivity index (χ1n) is 13.8. The fraction of sp³-hybridized carbons (Fsp3) is 0.500. The molecule has 2 aliphatic heterocycles. The summed E-state index contributed by atoms with van der Waals surface area (Å²) in [4.78, 5) is 59.5. The molecule has 1 aliphatic carbocycles. The lowest BCUT2D eigenvalue weighted by Crippen LogP contribution is -2.41. The van der Waals surface area contributed by atoms with Gasteiger partial charge in [0.1, 0.15) is 23.3 Å². The third kappa shape index (κ3) is 7.21. The van der Waals surface area contributed by atoms with Gasteiger partial charge < -0.3 is 34.3 Å². The number of rotatable bonds is 9. The van der Waals surface area contributed by atoms with Crippen LogP contribution in [0.25, 0.3) is 0 Å². The van der Waals surface area contributed by atoms with Crippen LogP contribution in [0.1, 0.15) is 38.3 Å². The number of aromatic nitrogens is 2. The minimum atomic E-state index is -1.17. The number of ether oxygens (including phenoxy) is 4. The molecule has 1 fully saturated rings. The second-order valence-electron chi connectivity index (χ2n) is 11.5. The summed E-state index contributed by atoms with van der Waals surface area (Å²) in [5.74, 6) is -1.59. The molecule has 230 valence electrons. The van der Waals surface area contributed by atoms with Crippen molar-refractivity contribution >= 4 is 35.7 Å². The lowest BCUT2D eigenvalue weighted by Gasteiger charge is -2.29. The molecule has 0 saturated carbocycles. The number of hydrogen-bond acceptors (Lipinski definition) is 10. The van der Waals surface area contributed by atoms with E-state index in [4.69, 9.17) is 24.1 Å². The smallest absolute Gasteiger partial charge is 0.415 e. The van der Waals surface area contributed by atoms with Crippen LogP contribution < -0.4 is 19.7 Å². The van der Waals surface area contributed by atoms with Crippen molar-refractivity contribution in [1.29, 1.82) is 0 Å². The molecule has 2 N–H and O–H groups in total. The zero-order valence-corrected chi connectivity index (χ0v) is 23.9. The molecule has 0 spiro atoms. The molecule has 43 heavy (non-hydrogen) atoms. The molecule has 3 heterocycles. The maximum Gasteiger partial charge on any atom is 0.415 e. The molecule has 5 rings (SSSR count). The quantitative estimate of drug-likeness (QED) is 0.433. The predicted octanol–water partition coefficient (Wildman–Crippen LogP) is 2.78. The summed E-state index contributed by atoms with van der Waals surface area (Å²) in [6, 6.07) is 2.80. The van der Waals surface area contributed by atoms with E-state index >= 15 is 0 Å². The van der Waals surface area contributed by atoms with Gasteiger partial charge in [-0.15, -0.1) is 0 Å². The molecule has 14 nitrogen and oxygen atoms in total. The van der Waals surface area contributed by atoms with E-state index in [0.717, 1.165) is 0 Å². The van der Waals surface area contributed by atoms with Gasteiger partial charge in [0.05, 0.1) is 12.7 Å². The Morgan fingerprint density at radius 1 is 1.26 bits per heavy atom. The summed E-state index contributed by atoms with van der Waals surface area (Å²) in [6.45, 7) is 5.11. The molecule has 2 unspecified atom stereocenters. The normalized spacial score (nSPS) is 19.1. The molecule has 2 atom stereocenters. The van der Waals surface area contributed by atoms with Gasteiger partial charge in [-0.1, -0.05) is 0 Å². The van der Waals surface area contributed by atoms with Gasteiger partial charge in [-0.25, -0.2) is 28.7 Å². The molecule has 2 aromatic rings. The SMILES string of the molecule is CC(C)(C)OC(=O)N(CCC1CN(c2cnc3c(n2)NC(=O)CO3)C(=O)O1)CC1Cc2cc(OCC(=O)O)cc(F)c2C1. The Bertz CT molecular complexity index is 1450. The van der Waals surface area contributed by atoms with Crippen molar-refractivity contribution in [1.82, 2.24) is 14.9 Å². The summed E-state index contributed by atoms with van der Waals surface area (Å²) in [5.41, 5.74) is 0.449. The number of nitrogens with zero attached hydrogens (tertiary/aromatic N) is 4. The molecular formula is C28H32FN5O9. The molecular weight excluding hydrogens is 569 g/mol. The summed E-state index contributed by atoms with van der Waals surface area (Å²) in [5, 5.41) is 11.4. The van der Waals surface area contributed by atoms with Crippen molar-refractivity contribution in [2.45, 2.75) is 51.7 Å². The lowest BCUT2D eigenvalue weighted by atomic mass is 10.1. The van der Waals surface area contributed by atoms with Gasteiger partial charge in [0.15, 0.2) is 24.8 Å². The van der Waals surface area contributed by atoms with Crippen molar-refractivity contribution in [2.75, 3.05) is 43.1 Å². The average Bonchev–Trinajstić information content (AvgIpc) is 3.51. The fourth-order valence-corrected chi connectivity index (χ4v) is 5.15. The molecule has 0 bridgehead atoms. The van der Waals surface area contributed by atoms with Gasteiger partial charge in [0.25, 0.3) is 11.8 Å². The molecule has 1 saturated heterocycles. The Kier molecular flexibility index (Phi) is 8.24. The number of hydrogen-bond donors (Lipinski definition) is 2. The van der Waals surface area contributed by atoms with Crippen LogP contribution in [-0.2, 0) is 31.9 Å². The van der Waals surface area contributed by atoms with E-state index in [1.54, 1.807) is 26.8 Å². The number of carboxylic acids is 1. The highest BCUT2D eigenvalue weighted by Crippen LogP contribution is 2.34. The predicted molar refractivity (Wildman–Crippen MR) is 147 cm³/mol. The second kappa shape index (κ2) is 11.9. The number of halogens is 1. The number of carbonyl (C=O) groups is 4. The Morgan fingerprint density at radius 2 is 2.05 bits per heavy atom. The highest BCUT2D eigenvalue weighted by atomic mass is 19.1. The maximum absolute atomic E-state index is 14.8. The number of carbonyl (C=O) groups excluding carboxylic acids is 3. The first-order chi connectivity index (χ1) is 20.3. The van der Waals surface area contributed by atoms with Crippen LogP contribution in [0, 0.1) is 11.7 Å². The van der Waals surface area contributed by atoms with E-state index < -0.39 is 42.3 Å². The standard InChI is InChI=1S/C28H32FN5O9/c1-28(2,3)43-26(38)33(11-15-6-16-8-18(40-14-23(36)37)9-20(29)19(16)7-15)5-4-17-12-34(27(39)42-17)21-10-30-25-24(31-21)32-22(35)13-41-25/h8-10,15,17H,4-7,11-14H2,1-3H3,(H,36,37)(H,31,32,35). The monoisotopic (exact) mass is 601 g/mol. The van der Waals surface area contributed by atoms with E-state index in [9.17, 15) is 23.6 Å². The van der Waals surface area contributed by atoms with Crippen molar-refractivity contribution in [2.24, 2.45) is 5.92 Å². The lowest BCUT2D eigenvalue weighted by molar-refractivity contribution is -0.139. The molecule has 1 aromatic heterocycles. The van der Waals surface area contributed by atoms with E-state index in [1.165, 1.54) is 22.1 Å². The number of aliphatic carboxylic acids is 1. The largest absolute Gasteiger partial charge is 0.482 e. The number of fused-ring (bicyclic) bond motifs is 2. The van der Waals surface area contributed by atoms with Gasteiger partial charge >= 0.3 is 18.2 Å². The Hall–Kier alpha value is -4.69. The summed E-state index contributed by atoms with van der Waals surface area (Å²) in [7, 11) is 0. The Morgan fingerprint density at radius 3 is 2.79 bits per heavy atom. The van der Waals surface area contributed by atoms with Crippen LogP contribution in [0.2, 0.25) is 0 Å². The highest BCUT2D eigenvalue weighted by Gasteiger charge is 2.36. The minimum Gasteiger partial charge on any atom is -0.482 e. The topological polar surface area (TPSA) is 170 Å². The summed E-state index contributed by atoms with van der Waals surface area (Å²) < 4.78 is 36.4. The maximum atomic E-state index is 14.8. The third-order valence-corrected chi connectivity index (χ3v) is 6.95. The van der Waals surface area contributed by atoms with E-state index in [0.29, 0.717) is 30.4 Å². The highest BCUT2D eigenvalue weighted by molar-refractivity contribution is 5.94. The molecule has 3 aliphatic rings. The van der Waals surface area contributed by atoms with Crippen molar-refractivity contribution in [3.63, 3.8) is 0 Å². The van der Waals surface area contributed by atoms with Crippen molar-refractivity contribution < 1.29 is 47.6 Å². The first-order valence-corrected chi connectivity index (χ1v) is 13.8. The van der Waals surface area contributed by atoms with Gasteiger partial charge in [-0.2, -0.15) is 0 Å². The van der Waals surface area contributed by atoms with Crippen molar-refractivity contribution in [3.8, 4) is 11.6 Å². The number of cyclic esters (lactones) is 1. The molecule has 15 heteroatoms. The number of nitrogens with one attached hydrogen (secondary N) is 1. The van der Waals surface area contributed by atoms with Crippen LogP contribution in [0.15, 0.2) is 18.3 Å². The van der Waals surface area contributed by atoms with Gasteiger partial charge in [-0.3, -0.25) is 9.69 Å². The summed E-state index contributed by atoms with van der Waals surface area (Å²) >= 11 is 0. The van der Waals surface area contributed by atoms with Gasteiger partial charge in [0.2, 0.25) is 0 Å². The third-order valence-electron chi connectivity index (χ3n) is 6.95. The molecule has 1 aromatic carbocycles. The van der Waals surface area contributed by atoms with E-state index in [2.05, 4.69) is 15.3 Å². The second-order valence-corrected chi connectivity index (χ2v) is 11.5. The van der Waals surface area contributed by atoms with Gasteiger partial charge in [0, 0.05) is 25.6 Å². The fourth-order valence-electron chi connectivity index (χ4n) is 5.15. The van der Waals surface area contributed by atoms with Gasteiger partial charge in [-0.05, 0) is 56.7 Å². The minimum absolute atomic E-state index is 0.107. The van der Waals surface area contributed by atoms with Crippen LogP contribution in [0.5, 0.6) is 11.6 Å². The van der Waals surface area contributed by atoms with Crippen LogP contribution >= 0.6 is 0 Å². The van der Waals surface area contributed by atoms with Crippen LogP contribution in [0.4, 0.5) is 25.6 Å². The van der Waals surface area contributed by atoms with Crippen LogP contribution in [-0.4, -0.2) is 88.6 Å². The summed E-state index contributed by atoms with van der Waals surface area (Å²) in [6.07, 6.45) is 0.708. The Balaban J connectivity index is 1.23. The Labute approximate surface area is 246 Å². The zero-order chi connectivity index (χ0) is 30.9. The molecule has 0 radical (unpaired) electrons. The van der Waals surface area contributed by atoms with E-state index in [-0.39, 0.29) is 61.3 Å². The number of benzene rings is 1. The van der Waals surface area contributed by atoms with Crippen LogP contribution in [0.3, 0.4) is 0 Å². The number of amides is 3. The average molecular weight is 602 g/mol. The van der Waals surface area contributed by atoms with E-state index in [1.807, 2.05) is 0 Å². The van der Waals surface area contributed by atoms with Crippen molar-refractivity contribution in [3.05, 3.63) is 35.3 Å².